The van der Waals surface area contributed by atoms with E-state index in [2.05, 4.69) is 22.2 Å². The minimum Gasteiger partial charge on any atom is -0.323 e. The summed E-state index contributed by atoms with van der Waals surface area (Å²) in [6, 6.07) is 17.2. The number of aromatic nitrogens is 3. The molecular weight excluding hydrogens is 431 g/mol. The second-order valence-electron chi connectivity index (χ2n) is 8.58. The maximum Gasteiger partial charge on any atom is 0.416 e. The Balaban J connectivity index is 1.43. The molecule has 1 saturated heterocycles. The van der Waals surface area contributed by atoms with E-state index in [0.29, 0.717) is 16.8 Å². The van der Waals surface area contributed by atoms with Crippen molar-refractivity contribution in [1.82, 2.24) is 14.6 Å². The monoisotopic (exact) mass is 451 g/mol. The number of hydrogen-bond donors (Lipinski definition) is 0. The summed E-state index contributed by atoms with van der Waals surface area (Å²) in [4.78, 5) is 4.50. The maximum atomic E-state index is 13.0. The molecule has 4 aromatic rings. The van der Waals surface area contributed by atoms with Crippen LogP contribution in [0, 0.1) is 0 Å². The number of alkyl halides is 3. The highest BCUT2D eigenvalue weighted by Gasteiger charge is 2.66. The van der Waals surface area contributed by atoms with Crippen LogP contribution < -0.4 is 0 Å². The Labute approximate surface area is 187 Å². The lowest BCUT2D eigenvalue weighted by atomic mass is 9.93. The first-order chi connectivity index (χ1) is 15.9. The molecule has 0 N–H and O–H groups in total. The van der Waals surface area contributed by atoms with Crippen LogP contribution in [-0.4, -0.2) is 27.2 Å². The van der Waals surface area contributed by atoms with Crippen molar-refractivity contribution in [3.63, 3.8) is 0 Å². The summed E-state index contributed by atoms with van der Waals surface area (Å²) in [7, 11) is 0. The maximum absolute atomic E-state index is 13.0. The minimum atomic E-state index is -4.38. The predicted octanol–water partition coefficient (Wildman–Crippen LogP) is 5.56. The number of ether oxygens (including phenoxy) is 2. The smallest absolute Gasteiger partial charge is 0.323 e. The van der Waals surface area contributed by atoms with Crippen molar-refractivity contribution in [2.45, 2.75) is 43.4 Å². The van der Waals surface area contributed by atoms with E-state index in [1.54, 1.807) is 16.9 Å². The van der Waals surface area contributed by atoms with Crippen LogP contribution in [0.1, 0.15) is 36.1 Å². The Morgan fingerprint density at radius 2 is 1.73 bits per heavy atom. The molecule has 2 fully saturated rings. The summed E-state index contributed by atoms with van der Waals surface area (Å²) < 4.78 is 52.6. The molecule has 33 heavy (non-hydrogen) atoms. The van der Waals surface area contributed by atoms with Crippen LogP contribution in [0.25, 0.3) is 16.8 Å². The lowest BCUT2D eigenvalue weighted by Gasteiger charge is -2.40. The molecule has 8 heteroatoms. The summed E-state index contributed by atoms with van der Waals surface area (Å²) in [5.74, 6) is 0.195. The Hall–Kier alpha value is -3.23. The van der Waals surface area contributed by atoms with Gasteiger partial charge in [0.15, 0.2) is 18.2 Å². The third-order valence-corrected chi connectivity index (χ3v) is 6.66. The van der Waals surface area contributed by atoms with Gasteiger partial charge < -0.3 is 9.47 Å². The molecule has 3 heterocycles. The van der Waals surface area contributed by atoms with Crippen molar-refractivity contribution in [2.75, 3.05) is 0 Å². The first-order valence-corrected chi connectivity index (χ1v) is 10.7. The molecule has 1 aliphatic carbocycles. The second-order valence-corrected chi connectivity index (χ2v) is 8.58. The molecule has 2 aromatic carbocycles. The number of halogens is 3. The van der Waals surface area contributed by atoms with Crippen LogP contribution in [0.15, 0.2) is 73.1 Å². The van der Waals surface area contributed by atoms with Crippen LogP contribution in [-0.2, 0) is 21.1 Å². The van der Waals surface area contributed by atoms with Gasteiger partial charge in [0.05, 0.1) is 22.9 Å². The summed E-state index contributed by atoms with van der Waals surface area (Å²) >= 11 is 0. The van der Waals surface area contributed by atoms with Crippen LogP contribution in [0.3, 0.4) is 0 Å². The highest BCUT2D eigenvalue weighted by Crippen LogP contribution is 2.65. The molecule has 2 atom stereocenters. The Morgan fingerprint density at radius 3 is 2.39 bits per heavy atom. The van der Waals surface area contributed by atoms with Gasteiger partial charge in [-0.25, -0.2) is 9.50 Å². The molecule has 0 amide bonds. The molecule has 0 bridgehead atoms. The van der Waals surface area contributed by atoms with Gasteiger partial charge >= 0.3 is 6.18 Å². The van der Waals surface area contributed by atoms with E-state index in [1.165, 1.54) is 17.7 Å². The third-order valence-electron chi connectivity index (χ3n) is 6.66. The summed E-state index contributed by atoms with van der Waals surface area (Å²) in [5, 5.41) is 4.58. The van der Waals surface area contributed by atoms with Gasteiger partial charge in [-0.15, -0.1) is 0 Å². The zero-order chi connectivity index (χ0) is 22.8. The zero-order valence-corrected chi connectivity index (χ0v) is 17.7. The number of rotatable bonds is 4. The highest BCUT2D eigenvalue weighted by molar-refractivity contribution is 5.77. The van der Waals surface area contributed by atoms with E-state index in [-0.39, 0.29) is 12.2 Å². The van der Waals surface area contributed by atoms with Gasteiger partial charge in [-0.1, -0.05) is 42.5 Å². The first kappa shape index (κ1) is 20.4. The summed E-state index contributed by atoms with van der Waals surface area (Å²) in [6.45, 7) is 1.86. The van der Waals surface area contributed by atoms with Crippen molar-refractivity contribution >= 4 is 5.65 Å². The van der Waals surface area contributed by atoms with E-state index in [1.807, 2.05) is 31.2 Å². The van der Waals surface area contributed by atoms with Crippen molar-refractivity contribution in [2.24, 2.45) is 0 Å². The van der Waals surface area contributed by atoms with Crippen molar-refractivity contribution in [1.29, 1.82) is 0 Å². The third kappa shape index (κ3) is 3.16. The average Bonchev–Trinajstić information content (AvgIpc) is 3.39. The van der Waals surface area contributed by atoms with Crippen LogP contribution >= 0.6 is 0 Å². The molecule has 6 rings (SSSR count). The fourth-order valence-corrected chi connectivity index (χ4v) is 4.93. The quantitative estimate of drug-likeness (QED) is 0.408. The molecule has 1 aliphatic heterocycles. The lowest BCUT2D eigenvalue weighted by Crippen LogP contribution is -2.48. The molecular formula is C25H20F3N3O2. The molecule has 0 radical (unpaired) electrons. The van der Waals surface area contributed by atoms with Gasteiger partial charge in [-0.2, -0.15) is 18.3 Å². The molecule has 5 nitrogen and oxygen atoms in total. The van der Waals surface area contributed by atoms with Crippen LogP contribution in [0.2, 0.25) is 0 Å². The number of benzene rings is 2. The van der Waals surface area contributed by atoms with Gasteiger partial charge in [-0.3, -0.25) is 0 Å². The fraction of sp³-hybridized carbons (Fsp3) is 0.280. The molecule has 1 unspecified atom stereocenters. The SMILES string of the molecule is CC1OC(C2(c3ccnc4c(-c5ccc(C(F)(F)F)cc5)cnn34)C[C@H]2c2ccccc2)O1. The van der Waals surface area contributed by atoms with Gasteiger partial charge in [0.25, 0.3) is 0 Å². The highest BCUT2D eigenvalue weighted by atomic mass is 19.4. The zero-order valence-electron chi connectivity index (χ0n) is 17.7. The molecule has 0 spiro atoms. The molecule has 1 saturated carbocycles. The molecule has 2 aliphatic rings. The number of hydrogen-bond acceptors (Lipinski definition) is 4. The number of nitrogens with zero attached hydrogens (tertiary/aromatic N) is 3. The van der Waals surface area contributed by atoms with Gasteiger partial charge in [0.1, 0.15) is 0 Å². The van der Waals surface area contributed by atoms with Crippen molar-refractivity contribution in [3.05, 3.63) is 89.9 Å². The van der Waals surface area contributed by atoms with Crippen LogP contribution in [0.4, 0.5) is 13.2 Å². The van der Waals surface area contributed by atoms with Crippen molar-refractivity contribution < 1.29 is 22.6 Å². The topological polar surface area (TPSA) is 48.7 Å². The minimum absolute atomic E-state index is 0.195. The first-order valence-electron chi connectivity index (χ1n) is 10.7. The van der Waals surface area contributed by atoms with E-state index in [4.69, 9.17) is 9.47 Å². The lowest BCUT2D eigenvalue weighted by molar-refractivity contribution is -0.388. The Bertz CT molecular complexity index is 1310. The summed E-state index contributed by atoms with van der Waals surface area (Å²) in [5.41, 5.74) is 2.88. The Morgan fingerprint density at radius 1 is 1.00 bits per heavy atom. The summed E-state index contributed by atoms with van der Waals surface area (Å²) in [6.07, 6.45) is -0.848. The predicted molar refractivity (Wildman–Crippen MR) is 114 cm³/mol. The van der Waals surface area contributed by atoms with E-state index >= 15 is 0 Å². The normalized spacial score (nSPS) is 26.8. The Kier molecular flexibility index (Phi) is 4.41. The van der Waals surface area contributed by atoms with E-state index in [9.17, 15) is 13.2 Å². The largest absolute Gasteiger partial charge is 0.416 e. The van der Waals surface area contributed by atoms with E-state index in [0.717, 1.165) is 24.2 Å². The fourth-order valence-electron chi connectivity index (χ4n) is 4.93. The average molecular weight is 451 g/mol. The number of fused-ring (bicyclic) bond motifs is 1. The molecule has 2 aromatic heterocycles. The van der Waals surface area contributed by atoms with Gasteiger partial charge in [0.2, 0.25) is 0 Å². The van der Waals surface area contributed by atoms with E-state index < -0.39 is 23.4 Å². The van der Waals surface area contributed by atoms with Gasteiger partial charge in [-0.05, 0) is 42.7 Å². The standard InChI is InChI=1S/C25H20F3N3O2/c1-15-32-23(33-15)24(13-20(24)17-5-3-2-4-6-17)21-11-12-29-22-19(14-30-31(21)22)16-7-9-18(10-8-16)25(26,27)28/h2-12,14-15,20,23H,13H2,1H3/t15?,20-,23?,24?/m0/s1. The van der Waals surface area contributed by atoms with Crippen LogP contribution in [0.5, 0.6) is 0 Å². The van der Waals surface area contributed by atoms with Crippen molar-refractivity contribution in [3.8, 4) is 11.1 Å². The van der Waals surface area contributed by atoms with Gasteiger partial charge in [0, 0.05) is 17.7 Å². The molecule has 168 valence electrons. The second kappa shape index (κ2) is 7.13.